The maximum atomic E-state index is 11.8. The number of benzene rings is 1. The Morgan fingerprint density at radius 3 is 2.54 bits per heavy atom. The molecule has 0 spiro atoms. The third-order valence-corrected chi connectivity index (χ3v) is 3.87. The number of hydrogen-bond acceptors (Lipinski definition) is 8. The van der Waals surface area contributed by atoms with Crippen molar-refractivity contribution in [2.24, 2.45) is 5.14 Å². The van der Waals surface area contributed by atoms with E-state index in [1.165, 1.54) is 18.2 Å². The summed E-state index contributed by atoms with van der Waals surface area (Å²) in [6.45, 7) is 0.882. The highest BCUT2D eigenvalue weighted by Crippen LogP contribution is 2.21. The number of sulfonamides is 1. The first-order valence-electron chi connectivity index (χ1n) is 6.92. The van der Waals surface area contributed by atoms with Crippen LogP contribution in [0.25, 0.3) is 0 Å². The van der Waals surface area contributed by atoms with Crippen molar-refractivity contribution >= 4 is 33.3 Å². The second kappa shape index (κ2) is 7.33. The molecule has 0 unspecified atom stereocenters. The van der Waals surface area contributed by atoms with Crippen LogP contribution in [0, 0.1) is 17.0 Å². The van der Waals surface area contributed by atoms with Gasteiger partial charge in [-0.25, -0.2) is 18.4 Å². The lowest BCUT2D eigenvalue weighted by Crippen LogP contribution is -2.21. The van der Waals surface area contributed by atoms with Crippen LogP contribution >= 0.6 is 0 Å². The maximum absolute atomic E-state index is 11.8. The Kier molecular flexibility index (Phi) is 5.38. The van der Waals surface area contributed by atoms with E-state index in [1.54, 1.807) is 6.92 Å². The maximum Gasteiger partial charge on any atom is 0.374 e. The molecule has 0 radical (unpaired) electrons. The van der Waals surface area contributed by atoms with Crippen molar-refractivity contribution in [3.05, 3.63) is 51.8 Å². The Balaban J connectivity index is 1.95. The van der Waals surface area contributed by atoms with Crippen molar-refractivity contribution < 1.29 is 32.1 Å². The van der Waals surface area contributed by atoms with Gasteiger partial charge in [-0.1, -0.05) is 0 Å². The average molecular weight is 383 g/mol. The largest absolute Gasteiger partial charge is 0.450 e. The number of nitro benzene ring substituents is 1. The SMILES string of the molecule is Cc1cc([N+](=O)[O-])ccc1NC(=O)COC(=O)c1ccc(S(N)(=O)=O)o1. The molecule has 1 amide bonds. The van der Waals surface area contributed by atoms with Crippen molar-refractivity contribution in [2.45, 2.75) is 12.0 Å². The van der Waals surface area contributed by atoms with Crippen LogP contribution in [0.15, 0.2) is 39.8 Å². The molecular formula is C14H13N3O8S. The highest BCUT2D eigenvalue weighted by molar-refractivity contribution is 7.89. The number of ether oxygens (including phenoxy) is 1. The van der Waals surface area contributed by atoms with Gasteiger partial charge in [-0.3, -0.25) is 14.9 Å². The van der Waals surface area contributed by atoms with E-state index in [4.69, 9.17) is 14.3 Å². The number of primary sulfonamides is 1. The number of carbonyl (C=O) groups excluding carboxylic acids is 2. The third kappa shape index (κ3) is 4.64. The van der Waals surface area contributed by atoms with Crippen molar-refractivity contribution in [1.82, 2.24) is 0 Å². The average Bonchev–Trinajstić information content (AvgIpc) is 3.04. The van der Waals surface area contributed by atoms with Crippen LogP contribution in [-0.2, 0) is 19.6 Å². The number of non-ortho nitro benzene ring substituents is 1. The first kappa shape index (κ1) is 19.1. The van der Waals surface area contributed by atoms with E-state index >= 15 is 0 Å². The molecule has 0 saturated heterocycles. The molecule has 1 heterocycles. The number of nitro groups is 1. The molecule has 12 heteroatoms. The Morgan fingerprint density at radius 2 is 2.00 bits per heavy atom. The lowest BCUT2D eigenvalue weighted by molar-refractivity contribution is -0.384. The highest BCUT2D eigenvalue weighted by Gasteiger charge is 2.19. The molecule has 138 valence electrons. The van der Waals surface area contributed by atoms with Gasteiger partial charge in [0, 0.05) is 17.8 Å². The minimum absolute atomic E-state index is 0.129. The predicted octanol–water partition coefficient (Wildman–Crippen LogP) is 0.939. The van der Waals surface area contributed by atoms with Crippen LogP contribution in [0.5, 0.6) is 0 Å². The number of aryl methyl sites for hydroxylation is 1. The summed E-state index contributed by atoms with van der Waals surface area (Å²) in [5.74, 6) is -2.20. The van der Waals surface area contributed by atoms with Crippen LogP contribution in [0.2, 0.25) is 0 Å². The third-order valence-electron chi connectivity index (χ3n) is 3.09. The van der Waals surface area contributed by atoms with Gasteiger partial charge in [-0.15, -0.1) is 0 Å². The summed E-state index contributed by atoms with van der Waals surface area (Å²) in [5, 5.41) is 17.3. The number of carbonyl (C=O) groups is 2. The molecule has 0 aliphatic heterocycles. The molecule has 0 saturated carbocycles. The summed E-state index contributed by atoms with van der Waals surface area (Å²) >= 11 is 0. The molecule has 0 fully saturated rings. The van der Waals surface area contributed by atoms with E-state index in [1.807, 2.05) is 0 Å². The Labute approximate surface area is 146 Å². The number of nitrogens with zero attached hydrogens (tertiary/aromatic N) is 1. The number of anilines is 1. The van der Waals surface area contributed by atoms with E-state index < -0.39 is 44.3 Å². The Morgan fingerprint density at radius 1 is 1.31 bits per heavy atom. The molecule has 0 aliphatic carbocycles. The predicted molar refractivity (Wildman–Crippen MR) is 86.8 cm³/mol. The molecule has 0 atom stereocenters. The minimum Gasteiger partial charge on any atom is -0.450 e. The second-order valence-corrected chi connectivity index (χ2v) is 6.54. The van der Waals surface area contributed by atoms with Gasteiger partial charge in [0.15, 0.2) is 6.61 Å². The molecule has 2 rings (SSSR count). The van der Waals surface area contributed by atoms with Crippen molar-refractivity contribution in [2.75, 3.05) is 11.9 Å². The van der Waals surface area contributed by atoms with Gasteiger partial charge in [0.05, 0.1) is 4.92 Å². The molecule has 1 aromatic heterocycles. The molecule has 3 N–H and O–H groups in total. The fourth-order valence-electron chi connectivity index (χ4n) is 1.87. The zero-order valence-electron chi connectivity index (χ0n) is 13.3. The zero-order chi connectivity index (χ0) is 19.5. The molecule has 11 nitrogen and oxygen atoms in total. The van der Waals surface area contributed by atoms with Gasteiger partial charge in [0.25, 0.3) is 21.6 Å². The fraction of sp³-hybridized carbons (Fsp3) is 0.143. The molecular weight excluding hydrogens is 370 g/mol. The van der Waals surface area contributed by atoms with Crippen LogP contribution in [0.1, 0.15) is 16.1 Å². The van der Waals surface area contributed by atoms with Crippen LogP contribution in [-0.4, -0.2) is 31.8 Å². The van der Waals surface area contributed by atoms with Gasteiger partial charge in [-0.2, -0.15) is 0 Å². The number of esters is 1. The highest BCUT2D eigenvalue weighted by atomic mass is 32.2. The summed E-state index contributed by atoms with van der Waals surface area (Å²) in [6, 6.07) is 5.86. The minimum atomic E-state index is -4.10. The second-order valence-electron chi connectivity index (χ2n) is 5.04. The lowest BCUT2D eigenvalue weighted by atomic mass is 10.2. The zero-order valence-corrected chi connectivity index (χ0v) is 14.1. The summed E-state index contributed by atoms with van der Waals surface area (Å²) < 4.78 is 31.6. The first-order valence-corrected chi connectivity index (χ1v) is 8.47. The van der Waals surface area contributed by atoms with Crippen molar-refractivity contribution in [3.8, 4) is 0 Å². The van der Waals surface area contributed by atoms with Crippen molar-refractivity contribution in [3.63, 3.8) is 0 Å². The smallest absolute Gasteiger partial charge is 0.374 e. The van der Waals surface area contributed by atoms with Crippen LogP contribution in [0.3, 0.4) is 0 Å². The van der Waals surface area contributed by atoms with Gasteiger partial charge in [0.2, 0.25) is 10.9 Å². The van der Waals surface area contributed by atoms with Crippen LogP contribution in [0.4, 0.5) is 11.4 Å². The van der Waals surface area contributed by atoms with E-state index in [0.717, 1.165) is 12.1 Å². The quantitative estimate of drug-likeness (QED) is 0.421. The number of rotatable bonds is 6. The molecule has 0 bridgehead atoms. The number of nitrogens with one attached hydrogen (secondary N) is 1. The van der Waals surface area contributed by atoms with E-state index in [2.05, 4.69) is 5.32 Å². The van der Waals surface area contributed by atoms with Crippen LogP contribution < -0.4 is 10.5 Å². The number of amides is 1. The van der Waals surface area contributed by atoms with E-state index in [9.17, 15) is 28.1 Å². The monoisotopic (exact) mass is 383 g/mol. The Hall–Kier alpha value is -3.25. The van der Waals surface area contributed by atoms with Gasteiger partial charge >= 0.3 is 5.97 Å². The molecule has 1 aromatic carbocycles. The summed E-state index contributed by atoms with van der Waals surface area (Å²) in [5.41, 5.74) is 0.629. The van der Waals surface area contributed by atoms with Gasteiger partial charge < -0.3 is 14.5 Å². The number of nitrogens with two attached hydrogens (primary N) is 1. The standard InChI is InChI=1S/C14H13N3O8S/c1-8-6-9(17(20)21)2-3-10(8)16-12(18)7-24-14(19)11-4-5-13(25-11)26(15,22)23/h2-6H,7H2,1H3,(H,16,18)(H2,15,22,23). The topological polar surface area (TPSA) is 172 Å². The van der Waals surface area contributed by atoms with E-state index in [0.29, 0.717) is 11.3 Å². The normalized spacial score (nSPS) is 11.0. The molecule has 26 heavy (non-hydrogen) atoms. The summed E-state index contributed by atoms with van der Waals surface area (Å²) in [7, 11) is -4.10. The fourth-order valence-corrected chi connectivity index (χ4v) is 2.34. The molecule has 2 aromatic rings. The Bertz CT molecular complexity index is 980. The first-order chi connectivity index (χ1) is 12.1. The summed E-state index contributed by atoms with van der Waals surface area (Å²) in [4.78, 5) is 33.6. The number of hydrogen-bond donors (Lipinski definition) is 2. The molecule has 0 aliphatic rings. The van der Waals surface area contributed by atoms with Crippen molar-refractivity contribution in [1.29, 1.82) is 0 Å². The number of furan rings is 1. The summed E-state index contributed by atoms with van der Waals surface area (Å²) in [6.07, 6.45) is 0. The lowest BCUT2D eigenvalue weighted by Gasteiger charge is -2.08. The van der Waals surface area contributed by atoms with Gasteiger partial charge in [-0.05, 0) is 30.7 Å². The van der Waals surface area contributed by atoms with Gasteiger partial charge in [0.1, 0.15) is 0 Å². The van der Waals surface area contributed by atoms with E-state index in [-0.39, 0.29) is 5.69 Å².